The van der Waals surface area contributed by atoms with Gasteiger partial charge in [-0.15, -0.1) is 11.8 Å². The Labute approximate surface area is 143 Å². The van der Waals surface area contributed by atoms with Crippen LogP contribution in [0.2, 0.25) is 0 Å². The van der Waals surface area contributed by atoms with Gasteiger partial charge in [0.2, 0.25) is 5.91 Å². The molecule has 3 nitrogen and oxygen atoms in total. The van der Waals surface area contributed by atoms with Gasteiger partial charge >= 0.3 is 0 Å². The van der Waals surface area contributed by atoms with Gasteiger partial charge in [0.05, 0.1) is 12.4 Å². The average Bonchev–Trinajstić information content (AvgIpc) is 2.57. The van der Waals surface area contributed by atoms with Gasteiger partial charge in [-0.3, -0.25) is 4.79 Å². The van der Waals surface area contributed by atoms with Gasteiger partial charge in [-0.1, -0.05) is 29.3 Å². The first kappa shape index (κ1) is 17.9. The largest absolute Gasteiger partial charge is 0.493 e. The molecule has 0 heterocycles. The summed E-state index contributed by atoms with van der Waals surface area (Å²) in [6, 6.07) is 8.04. The van der Waals surface area contributed by atoms with Gasteiger partial charge in [-0.2, -0.15) is 0 Å². The maximum absolute atomic E-state index is 11.8. The summed E-state index contributed by atoms with van der Waals surface area (Å²) in [6.07, 6.45) is 8.38. The minimum atomic E-state index is 0.127. The van der Waals surface area contributed by atoms with Gasteiger partial charge in [-0.05, 0) is 51.2 Å². The first-order valence-electron chi connectivity index (χ1n) is 8.46. The second-order valence-electron chi connectivity index (χ2n) is 5.92. The van der Waals surface area contributed by atoms with Crippen molar-refractivity contribution in [1.29, 1.82) is 0 Å². The van der Waals surface area contributed by atoms with Crippen molar-refractivity contribution in [3.8, 4) is 5.75 Å². The number of nitrogens with one attached hydrogen (secondary N) is 1. The molecule has 126 valence electrons. The molecule has 1 aromatic rings. The van der Waals surface area contributed by atoms with Crippen LogP contribution in [0.1, 0.15) is 37.7 Å². The highest BCUT2D eigenvalue weighted by molar-refractivity contribution is 7.99. The fourth-order valence-corrected chi connectivity index (χ4v) is 3.20. The van der Waals surface area contributed by atoms with Gasteiger partial charge in [0.25, 0.3) is 0 Å². The third kappa shape index (κ3) is 7.60. The van der Waals surface area contributed by atoms with Crippen molar-refractivity contribution in [2.24, 2.45) is 0 Å². The van der Waals surface area contributed by atoms with Crippen LogP contribution in [0, 0.1) is 6.92 Å². The Morgan fingerprint density at radius 3 is 2.83 bits per heavy atom. The van der Waals surface area contributed by atoms with E-state index in [1.165, 1.54) is 36.8 Å². The zero-order valence-electron chi connectivity index (χ0n) is 14.0. The smallest absolute Gasteiger partial charge is 0.230 e. The lowest BCUT2D eigenvalue weighted by atomic mass is 9.97. The number of carbonyl (C=O) groups excluding carboxylic acids is 1. The Hall–Kier alpha value is -1.42. The summed E-state index contributed by atoms with van der Waals surface area (Å²) in [5.41, 5.74) is 2.74. The summed E-state index contributed by atoms with van der Waals surface area (Å²) in [4.78, 5) is 11.8. The van der Waals surface area contributed by atoms with Crippen molar-refractivity contribution in [3.63, 3.8) is 0 Å². The summed E-state index contributed by atoms with van der Waals surface area (Å²) in [5.74, 6) is 2.35. The van der Waals surface area contributed by atoms with Crippen molar-refractivity contribution >= 4 is 17.7 Å². The lowest BCUT2D eigenvalue weighted by molar-refractivity contribution is -0.118. The standard InChI is InChI=1S/C19H27NO2S/c1-16-7-9-18(10-8-16)22-13-14-23-15-19(21)20-12-11-17-5-3-2-4-6-17/h5,7-10H,2-4,6,11-15H2,1H3,(H,20,21). The molecule has 4 heteroatoms. The Morgan fingerprint density at radius 2 is 2.09 bits per heavy atom. The van der Waals surface area contributed by atoms with Gasteiger partial charge in [0, 0.05) is 12.3 Å². The number of aryl methyl sites for hydroxylation is 1. The maximum Gasteiger partial charge on any atom is 0.230 e. The number of carbonyl (C=O) groups is 1. The molecule has 23 heavy (non-hydrogen) atoms. The van der Waals surface area contributed by atoms with Crippen molar-refractivity contribution < 1.29 is 9.53 Å². The monoisotopic (exact) mass is 333 g/mol. The zero-order valence-corrected chi connectivity index (χ0v) is 14.8. The predicted octanol–water partition coefficient (Wildman–Crippen LogP) is 4.11. The van der Waals surface area contributed by atoms with Crippen LogP contribution >= 0.6 is 11.8 Å². The highest BCUT2D eigenvalue weighted by atomic mass is 32.2. The normalized spacial score (nSPS) is 14.2. The van der Waals surface area contributed by atoms with E-state index in [0.29, 0.717) is 12.4 Å². The molecule has 0 unspecified atom stereocenters. The molecule has 0 spiro atoms. The van der Waals surface area contributed by atoms with Crippen molar-refractivity contribution in [2.45, 2.75) is 39.0 Å². The second-order valence-corrected chi connectivity index (χ2v) is 7.03. The van der Waals surface area contributed by atoms with E-state index in [1.54, 1.807) is 11.8 Å². The molecule has 0 saturated carbocycles. The fourth-order valence-electron chi connectivity index (χ4n) is 2.56. The minimum absolute atomic E-state index is 0.127. The highest BCUT2D eigenvalue weighted by Gasteiger charge is 2.05. The van der Waals surface area contributed by atoms with Crippen LogP contribution in [0.3, 0.4) is 0 Å². The number of amides is 1. The highest BCUT2D eigenvalue weighted by Crippen LogP contribution is 2.19. The predicted molar refractivity (Wildman–Crippen MR) is 98.2 cm³/mol. The molecule has 1 aliphatic rings. The van der Waals surface area contributed by atoms with Crippen LogP contribution in [-0.2, 0) is 4.79 Å². The zero-order chi connectivity index (χ0) is 16.3. The van der Waals surface area contributed by atoms with E-state index >= 15 is 0 Å². The Balaban J connectivity index is 1.48. The number of hydrogen-bond donors (Lipinski definition) is 1. The van der Waals surface area contributed by atoms with E-state index < -0.39 is 0 Å². The Morgan fingerprint density at radius 1 is 1.26 bits per heavy atom. The molecular weight excluding hydrogens is 306 g/mol. The molecule has 1 amide bonds. The van der Waals surface area contributed by atoms with Crippen LogP contribution in [0.5, 0.6) is 5.75 Å². The van der Waals surface area contributed by atoms with Crippen molar-refractivity contribution in [2.75, 3.05) is 24.7 Å². The number of thioether (sulfide) groups is 1. The average molecular weight is 333 g/mol. The van der Waals surface area contributed by atoms with Gasteiger partial charge in [0.1, 0.15) is 5.75 Å². The third-order valence-corrected chi connectivity index (χ3v) is 4.83. The van der Waals surface area contributed by atoms with Crippen LogP contribution < -0.4 is 10.1 Å². The van der Waals surface area contributed by atoms with Crippen molar-refractivity contribution in [3.05, 3.63) is 41.5 Å². The van der Waals surface area contributed by atoms with E-state index in [9.17, 15) is 4.79 Å². The SMILES string of the molecule is Cc1ccc(OCCSCC(=O)NCCC2=CCCCC2)cc1. The van der Waals surface area contributed by atoms with Gasteiger partial charge in [-0.25, -0.2) is 0 Å². The second kappa shape index (κ2) is 10.4. The Kier molecular flexibility index (Phi) is 8.08. The number of hydrogen-bond acceptors (Lipinski definition) is 3. The molecule has 1 N–H and O–H groups in total. The van der Waals surface area contributed by atoms with E-state index in [1.807, 2.05) is 24.3 Å². The van der Waals surface area contributed by atoms with E-state index in [0.717, 1.165) is 24.5 Å². The summed E-state index contributed by atoms with van der Waals surface area (Å²) >= 11 is 1.62. The molecule has 0 aliphatic heterocycles. The quantitative estimate of drug-likeness (QED) is 0.546. The molecule has 0 radical (unpaired) electrons. The lowest BCUT2D eigenvalue weighted by Gasteiger charge is -2.12. The molecule has 1 aliphatic carbocycles. The number of rotatable bonds is 9. The van der Waals surface area contributed by atoms with Crippen LogP contribution in [-0.4, -0.2) is 30.6 Å². The minimum Gasteiger partial charge on any atom is -0.493 e. The topological polar surface area (TPSA) is 38.3 Å². The summed E-state index contributed by atoms with van der Waals surface area (Å²) < 4.78 is 5.64. The van der Waals surface area contributed by atoms with Crippen LogP contribution in [0.25, 0.3) is 0 Å². The van der Waals surface area contributed by atoms with Crippen LogP contribution in [0.15, 0.2) is 35.9 Å². The third-order valence-electron chi connectivity index (χ3n) is 3.90. The molecular formula is C19H27NO2S. The molecule has 0 atom stereocenters. The summed E-state index contributed by atoms with van der Waals surface area (Å²) in [5, 5.41) is 3.00. The number of allylic oxidation sites excluding steroid dienone is 1. The molecule has 2 rings (SSSR count). The molecule has 1 aromatic carbocycles. The first-order chi connectivity index (χ1) is 11.2. The van der Waals surface area contributed by atoms with Gasteiger partial charge in [0.15, 0.2) is 0 Å². The van der Waals surface area contributed by atoms with Crippen molar-refractivity contribution in [1.82, 2.24) is 5.32 Å². The van der Waals surface area contributed by atoms with E-state index in [4.69, 9.17) is 4.74 Å². The summed E-state index contributed by atoms with van der Waals surface area (Å²) in [7, 11) is 0. The van der Waals surface area contributed by atoms with Crippen LogP contribution in [0.4, 0.5) is 0 Å². The van der Waals surface area contributed by atoms with E-state index in [2.05, 4.69) is 18.3 Å². The van der Waals surface area contributed by atoms with Gasteiger partial charge < -0.3 is 10.1 Å². The number of benzene rings is 1. The summed E-state index contributed by atoms with van der Waals surface area (Å²) in [6.45, 7) is 3.46. The number of ether oxygens (including phenoxy) is 1. The maximum atomic E-state index is 11.8. The molecule has 0 aromatic heterocycles. The molecule has 0 saturated heterocycles. The van der Waals surface area contributed by atoms with E-state index in [-0.39, 0.29) is 5.91 Å². The first-order valence-corrected chi connectivity index (χ1v) is 9.61. The fraction of sp³-hybridized carbons (Fsp3) is 0.526. The molecule has 0 bridgehead atoms. The molecule has 0 fully saturated rings. The lowest BCUT2D eigenvalue weighted by Crippen LogP contribution is -2.26. The Bertz CT molecular complexity index is 511.